The summed E-state index contributed by atoms with van der Waals surface area (Å²) < 4.78 is 4.48. The molecule has 1 aromatic rings. The van der Waals surface area contributed by atoms with Crippen LogP contribution >= 0.6 is 0 Å². The average Bonchev–Trinajstić information content (AvgIpc) is 1.85. The first-order valence-corrected chi connectivity index (χ1v) is 2.62. The van der Waals surface area contributed by atoms with Crippen LogP contribution in [0.5, 0.6) is 6.01 Å². The number of aryl methyl sites for hydroxylation is 1. The maximum Gasteiger partial charge on any atom is 0.321 e. The molecule has 1 rings (SSSR count). The summed E-state index contributed by atoms with van der Waals surface area (Å²) in [5.41, 5.74) is 5.26. The smallest absolute Gasteiger partial charge is 0.321 e. The van der Waals surface area contributed by atoms with E-state index in [2.05, 4.69) is 26.8 Å². The highest BCUT2D eigenvalue weighted by Gasteiger charge is 1.97. The molecule has 0 aromatic carbocycles. The van der Waals surface area contributed by atoms with Crippen LogP contribution in [0.15, 0.2) is 0 Å². The van der Waals surface area contributed by atoms with Gasteiger partial charge in [0, 0.05) is 0 Å². The number of nitrogens with two attached hydrogens (primary N) is 1. The lowest BCUT2D eigenvalue weighted by Gasteiger charge is -1.97. The first-order valence-electron chi connectivity index (χ1n) is 2.62. The van der Waals surface area contributed by atoms with Crippen LogP contribution in [0.1, 0.15) is 5.82 Å². The molecule has 0 amide bonds. The Labute approximate surface area is 58.3 Å². The zero-order chi connectivity index (χ0) is 7.56. The largest absolute Gasteiger partial charge is 0.460 e. The van der Waals surface area contributed by atoms with Gasteiger partial charge in [-0.1, -0.05) is 0 Å². The van der Waals surface area contributed by atoms with E-state index in [9.17, 15) is 0 Å². The second kappa shape index (κ2) is 2.47. The van der Waals surface area contributed by atoms with Crippen LogP contribution in [0.25, 0.3) is 0 Å². The molecule has 0 atom stereocenters. The number of nitrogen functional groups attached to an aromatic ring is 1. The van der Waals surface area contributed by atoms with Crippen molar-refractivity contribution in [3.05, 3.63) is 12.9 Å². The number of rotatable bonds is 1. The molecule has 5 heteroatoms. The van der Waals surface area contributed by atoms with Gasteiger partial charge < -0.3 is 10.5 Å². The first-order chi connectivity index (χ1) is 4.72. The van der Waals surface area contributed by atoms with Crippen molar-refractivity contribution in [2.75, 3.05) is 5.73 Å². The summed E-state index contributed by atoms with van der Waals surface area (Å²) in [4.78, 5) is 11.1. The highest BCUT2D eigenvalue weighted by atomic mass is 16.5. The molecule has 1 heterocycles. The Bertz CT molecular complexity index is 217. The Morgan fingerprint density at radius 2 is 2.10 bits per heavy atom. The molecule has 0 unspecified atom stereocenters. The van der Waals surface area contributed by atoms with Crippen molar-refractivity contribution in [1.82, 2.24) is 15.0 Å². The summed E-state index contributed by atoms with van der Waals surface area (Å²) >= 11 is 0. The van der Waals surface area contributed by atoms with Crippen molar-refractivity contribution in [1.29, 1.82) is 0 Å². The zero-order valence-electron chi connectivity index (χ0n) is 5.53. The van der Waals surface area contributed by atoms with E-state index in [-0.39, 0.29) is 12.0 Å². The maximum atomic E-state index is 5.26. The second-order valence-corrected chi connectivity index (χ2v) is 1.67. The third kappa shape index (κ3) is 1.31. The number of anilines is 1. The van der Waals surface area contributed by atoms with E-state index in [0.29, 0.717) is 5.82 Å². The van der Waals surface area contributed by atoms with Gasteiger partial charge in [0.05, 0.1) is 0 Å². The van der Waals surface area contributed by atoms with Gasteiger partial charge in [-0.15, -0.1) is 0 Å². The standard InChI is InChI=1S/C5H7N4O/c1-3-7-4(6)9-5(8-3)10-2/h2H2,1H3,(H2,6,7,8,9). The molecular formula is C5H7N4O. The number of aromatic nitrogens is 3. The fourth-order valence-corrected chi connectivity index (χ4v) is 0.542. The molecule has 2 N–H and O–H groups in total. The lowest BCUT2D eigenvalue weighted by atomic mass is 10.7. The van der Waals surface area contributed by atoms with E-state index in [1.165, 1.54) is 0 Å². The number of nitrogens with zero attached hydrogens (tertiary/aromatic N) is 3. The number of hydrogen-bond acceptors (Lipinski definition) is 5. The van der Waals surface area contributed by atoms with Crippen molar-refractivity contribution in [3.63, 3.8) is 0 Å². The topological polar surface area (TPSA) is 73.9 Å². The molecule has 1 aromatic heterocycles. The Morgan fingerprint density at radius 3 is 2.60 bits per heavy atom. The molecule has 0 fully saturated rings. The third-order valence-electron chi connectivity index (χ3n) is 0.873. The maximum absolute atomic E-state index is 5.26. The normalized spacial score (nSPS) is 9.40. The van der Waals surface area contributed by atoms with Gasteiger partial charge in [-0.3, -0.25) is 0 Å². The Hall–Kier alpha value is -1.39. The van der Waals surface area contributed by atoms with Gasteiger partial charge in [0.2, 0.25) is 5.95 Å². The Balaban J connectivity index is 3.06. The highest BCUT2D eigenvalue weighted by Crippen LogP contribution is 2.02. The van der Waals surface area contributed by atoms with E-state index in [4.69, 9.17) is 5.73 Å². The van der Waals surface area contributed by atoms with E-state index >= 15 is 0 Å². The summed E-state index contributed by atoms with van der Waals surface area (Å²) in [5.74, 6) is 0.664. The third-order valence-corrected chi connectivity index (χ3v) is 0.873. The summed E-state index contributed by atoms with van der Waals surface area (Å²) in [7, 11) is 3.13. The molecule has 10 heavy (non-hydrogen) atoms. The van der Waals surface area contributed by atoms with Crippen molar-refractivity contribution >= 4 is 5.95 Å². The van der Waals surface area contributed by atoms with Gasteiger partial charge >= 0.3 is 6.01 Å². The molecule has 1 radical (unpaired) electrons. The van der Waals surface area contributed by atoms with E-state index in [1.54, 1.807) is 6.92 Å². The predicted octanol–water partition coefficient (Wildman–Crippen LogP) is -0.0674. The van der Waals surface area contributed by atoms with Gasteiger partial charge in [-0.2, -0.15) is 15.0 Å². The van der Waals surface area contributed by atoms with Gasteiger partial charge in [0.25, 0.3) is 0 Å². The molecule has 0 aliphatic carbocycles. The molecule has 0 saturated carbocycles. The lowest BCUT2D eigenvalue weighted by Crippen LogP contribution is -2.01. The van der Waals surface area contributed by atoms with Crippen LogP contribution in [0.3, 0.4) is 0 Å². The summed E-state index contributed by atoms with van der Waals surface area (Å²) in [5, 5.41) is 0. The lowest BCUT2D eigenvalue weighted by molar-refractivity contribution is 0.429. The minimum atomic E-state index is 0.144. The zero-order valence-corrected chi connectivity index (χ0v) is 5.53. The number of ether oxygens (including phenoxy) is 1. The molecule has 0 bridgehead atoms. The van der Waals surface area contributed by atoms with E-state index in [0.717, 1.165) is 0 Å². The highest BCUT2D eigenvalue weighted by molar-refractivity contribution is 5.17. The molecule has 53 valence electrons. The average molecular weight is 139 g/mol. The van der Waals surface area contributed by atoms with Crippen LogP contribution < -0.4 is 10.5 Å². The SMILES string of the molecule is [CH2]Oc1nc(C)nc(N)n1. The molecule has 0 aliphatic heterocycles. The monoisotopic (exact) mass is 139 g/mol. The van der Waals surface area contributed by atoms with Gasteiger partial charge in [0.1, 0.15) is 12.9 Å². The minimum Gasteiger partial charge on any atom is -0.460 e. The quantitative estimate of drug-likeness (QED) is 0.589. The van der Waals surface area contributed by atoms with Gasteiger partial charge in [-0.25, -0.2) is 0 Å². The fourth-order valence-electron chi connectivity index (χ4n) is 0.542. The fraction of sp³-hybridized carbons (Fsp3) is 0.200. The van der Waals surface area contributed by atoms with Gasteiger partial charge in [-0.05, 0) is 6.92 Å². The molecule has 0 saturated heterocycles. The van der Waals surface area contributed by atoms with Crippen molar-refractivity contribution in [3.8, 4) is 6.01 Å². The van der Waals surface area contributed by atoms with Crippen LogP contribution in [-0.4, -0.2) is 15.0 Å². The van der Waals surface area contributed by atoms with Gasteiger partial charge in [0.15, 0.2) is 0 Å². The van der Waals surface area contributed by atoms with E-state index in [1.807, 2.05) is 0 Å². The Morgan fingerprint density at radius 1 is 1.40 bits per heavy atom. The van der Waals surface area contributed by atoms with Crippen LogP contribution in [0.2, 0.25) is 0 Å². The van der Waals surface area contributed by atoms with Crippen molar-refractivity contribution in [2.24, 2.45) is 0 Å². The van der Waals surface area contributed by atoms with Crippen LogP contribution in [-0.2, 0) is 0 Å². The van der Waals surface area contributed by atoms with Crippen LogP contribution in [0.4, 0.5) is 5.95 Å². The molecule has 5 nitrogen and oxygen atoms in total. The van der Waals surface area contributed by atoms with Crippen molar-refractivity contribution < 1.29 is 4.74 Å². The Kier molecular flexibility index (Phi) is 1.66. The summed E-state index contributed by atoms with van der Waals surface area (Å²) in [6, 6.07) is 0.144. The van der Waals surface area contributed by atoms with Crippen LogP contribution in [0, 0.1) is 14.0 Å². The van der Waals surface area contributed by atoms with E-state index < -0.39 is 0 Å². The molecule has 0 aliphatic rings. The first kappa shape index (κ1) is 6.73. The summed E-state index contributed by atoms with van der Waals surface area (Å²) in [6.45, 7) is 1.70. The molecule has 0 spiro atoms. The second-order valence-electron chi connectivity index (χ2n) is 1.67. The summed E-state index contributed by atoms with van der Waals surface area (Å²) in [6.07, 6.45) is 0. The predicted molar refractivity (Wildman–Crippen MR) is 35.0 cm³/mol. The minimum absolute atomic E-state index is 0.144. The van der Waals surface area contributed by atoms with Crippen molar-refractivity contribution in [2.45, 2.75) is 6.92 Å². The number of hydrogen-bond donors (Lipinski definition) is 1. The molecular weight excluding hydrogens is 132 g/mol.